The first-order valence-electron chi connectivity index (χ1n) is 9.76. The van der Waals surface area contributed by atoms with Crippen LogP contribution in [0.2, 0.25) is 0 Å². The smallest absolute Gasteiger partial charge is 0.119 e. The summed E-state index contributed by atoms with van der Waals surface area (Å²) in [5, 5.41) is 0. The van der Waals surface area contributed by atoms with Crippen LogP contribution in [0.4, 0.5) is 0 Å². The third-order valence-electron chi connectivity index (χ3n) is 4.65. The Kier molecular flexibility index (Phi) is 6.34. The highest BCUT2D eigenvalue weighted by molar-refractivity contribution is 5.81. The number of hydrogen-bond acceptors (Lipinski definition) is 3. The van der Waals surface area contributed by atoms with Gasteiger partial charge in [0.25, 0.3) is 0 Å². The van der Waals surface area contributed by atoms with Crippen molar-refractivity contribution >= 4 is 0 Å². The van der Waals surface area contributed by atoms with Gasteiger partial charge >= 0.3 is 0 Å². The van der Waals surface area contributed by atoms with E-state index >= 15 is 0 Å². The Morgan fingerprint density at radius 2 is 0.567 bits per heavy atom. The van der Waals surface area contributed by atoms with Crippen molar-refractivity contribution in [1.82, 2.24) is 15.0 Å². The monoisotopic (exact) mass is 387 g/mol. The van der Waals surface area contributed by atoms with Crippen molar-refractivity contribution in [3.63, 3.8) is 0 Å². The largest absolute Gasteiger partial charge is 0.225 e. The number of rotatable bonds is 3. The minimum atomic E-state index is 1.24. The number of nitrogens with zero attached hydrogens (tertiary/aromatic N) is 3. The first-order valence-corrected chi connectivity index (χ1v) is 9.76. The van der Waals surface area contributed by atoms with E-state index in [0.29, 0.717) is 0 Å². The lowest BCUT2D eigenvalue weighted by Crippen LogP contribution is -1.85. The molecule has 0 unspecified atom stereocenters. The molecule has 3 nitrogen and oxygen atoms in total. The van der Waals surface area contributed by atoms with Crippen LogP contribution in [0, 0.1) is 0 Å². The minimum Gasteiger partial charge on any atom is -0.225 e. The first-order chi connectivity index (χ1) is 14.9. The summed E-state index contributed by atoms with van der Waals surface area (Å²) in [6.07, 6.45) is 4.31. The average Bonchev–Trinajstić information content (AvgIpc) is 2.87. The summed E-state index contributed by atoms with van der Waals surface area (Å²) in [4.78, 5) is 10.7. The molecule has 1 aromatic heterocycles. The van der Waals surface area contributed by atoms with Crippen molar-refractivity contribution in [3.05, 3.63) is 128 Å². The molecule has 4 aromatic carbocycles. The van der Waals surface area contributed by atoms with Crippen molar-refractivity contribution in [3.8, 4) is 33.4 Å². The molecular formula is C27H21N3. The van der Waals surface area contributed by atoms with Gasteiger partial charge < -0.3 is 0 Å². The van der Waals surface area contributed by atoms with Gasteiger partial charge in [-0.25, -0.2) is 15.0 Å². The second-order valence-corrected chi connectivity index (χ2v) is 6.69. The SMILES string of the molecule is c1ccc(-c2cc(-c3ccccc3)cc(-c3ccccc3)c2)cc1.c1ncncn1. The quantitative estimate of drug-likeness (QED) is 0.352. The van der Waals surface area contributed by atoms with Crippen molar-refractivity contribution in [1.29, 1.82) is 0 Å². The fourth-order valence-electron chi connectivity index (χ4n) is 3.22. The number of benzene rings is 4. The van der Waals surface area contributed by atoms with Gasteiger partial charge in [-0.15, -0.1) is 0 Å². The molecule has 0 amide bonds. The highest BCUT2D eigenvalue weighted by Gasteiger charge is 2.06. The molecule has 0 spiro atoms. The Labute approximate surface area is 176 Å². The van der Waals surface area contributed by atoms with Crippen molar-refractivity contribution < 1.29 is 0 Å². The fraction of sp³-hybridized carbons (Fsp3) is 0. The Bertz CT molecular complexity index is 994. The molecule has 0 saturated heterocycles. The third kappa shape index (κ3) is 5.03. The van der Waals surface area contributed by atoms with Crippen molar-refractivity contribution in [2.24, 2.45) is 0 Å². The zero-order valence-corrected chi connectivity index (χ0v) is 16.5. The first kappa shape index (κ1) is 19.2. The number of hydrogen-bond donors (Lipinski definition) is 0. The summed E-state index contributed by atoms with van der Waals surface area (Å²) in [5.41, 5.74) is 7.47. The molecule has 144 valence electrons. The normalized spacial score (nSPS) is 10.0. The van der Waals surface area contributed by atoms with Gasteiger partial charge in [0, 0.05) is 0 Å². The topological polar surface area (TPSA) is 38.7 Å². The molecule has 0 saturated carbocycles. The van der Waals surface area contributed by atoms with Crippen LogP contribution in [0.25, 0.3) is 33.4 Å². The summed E-state index contributed by atoms with van der Waals surface area (Å²) >= 11 is 0. The Morgan fingerprint density at radius 3 is 0.800 bits per heavy atom. The van der Waals surface area contributed by atoms with Gasteiger partial charge in [0.15, 0.2) is 0 Å². The number of aromatic nitrogens is 3. The van der Waals surface area contributed by atoms with Gasteiger partial charge in [-0.1, -0.05) is 91.0 Å². The van der Waals surface area contributed by atoms with E-state index in [9.17, 15) is 0 Å². The molecule has 0 bridgehead atoms. The van der Waals surface area contributed by atoms with E-state index in [-0.39, 0.29) is 0 Å². The van der Waals surface area contributed by atoms with Crippen molar-refractivity contribution in [2.75, 3.05) is 0 Å². The summed E-state index contributed by atoms with van der Waals surface area (Å²) < 4.78 is 0. The average molecular weight is 387 g/mol. The van der Waals surface area contributed by atoms with Crippen LogP contribution in [0.1, 0.15) is 0 Å². The molecule has 0 atom stereocenters. The minimum absolute atomic E-state index is 1.24. The predicted octanol–water partition coefficient (Wildman–Crippen LogP) is 6.56. The van der Waals surface area contributed by atoms with E-state index in [1.807, 2.05) is 0 Å². The van der Waals surface area contributed by atoms with Gasteiger partial charge in [-0.3, -0.25) is 0 Å². The molecule has 0 N–H and O–H groups in total. The van der Waals surface area contributed by atoms with Crippen LogP contribution < -0.4 is 0 Å². The molecule has 3 heteroatoms. The van der Waals surface area contributed by atoms with Crippen molar-refractivity contribution in [2.45, 2.75) is 0 Å². The van der Waals surface area contributed by atoms with Gasteiger partial charge in [-0.2, -0.15) is 0 Å². The lowest BCUT2D eigenvalue weighted by atomic mass is 9.93. The molecule has 0 aliphatic rings. The van der Waals surface area contributed by atoms with E-state index in [1.54, 1.807) is 0 Å². The second-order valence-electron chi connectivity index (χ2n) is 6.69. The second kappa shape index (κ2) is 9.89. The van der Waals surface area contributed by atoms with Crippen LogP contribution in [-0.4, -0.2) is 15.0 Å². The van der Waals surface area contributed by atoms with E-state index in [0.717, 1.165) is 0 Å². The zero-order chi connectivity index (χ0) is 20.4. The van der Waals surface area contributed by atoms with E-state index < -0.39 is 0 Å². The molecule has 0 radical (unpaired) electrons. The lowest BCUT2D eigenvalue weighted by molar-refractivity contribution is 1.05. The predicted molar refractivity (Wildman–Crippen MR) is 123 cm³/mol. The highest BCUT2D eigenvalue weighted by atomic mass is 14.9. The van der Waals surface area contributed by atoms with Crippen LogP contribution in [0.5, 0.6) is 0 Å². The summed E-state index contributed by atoms with van der Waals surface area (Å²) in [6, 6.07) is 38.5. The summed E-state index contributed by atoms with van der Waals surface area (Å²) in [5.74, 6) is 0. The molecule has 0 aliphatic carbocycles. The molecule has 0 aliphatic heterocycles. The van der Waals surface area contributed by atoms with Crippen LogP contribution in [0.15, 0.2) is 128 Å². The molecule has 1 heterocycles. The van der Waals surface area contributed by atoms with E-state index in [4.69, 9.17) is 0 Å². The maximum Gasteiger partial charge on any atom is 0.119 e. The maximum absolute atomic E-state index is 3.56. The van der Waals surface area contributed by atoms with Gasteiger partial charge in [0.1, 0.15) is 19.0 Å². The standard InChI is InChI=1S/C24H18.C3H3N3/c1-4-10-19(11-5-1)22-16-23(20-12-6-2-7-13-20)18-24(17-22)21-14-8-3-9-15-21;1-4-2-6-3-5-1/h1-18H;1-3H. The molecule has 30 heavy (non-hydrogen) atoms. The van der Waals surface area contributed by atoms with Crippen LogP contribution in [-0.2, 0) is 0 Å². The highest BCUT2D eigenvalue weighted by Crippen LogP contribution is 2.32. The maximum atomic E-state index is 3.56. The zero-order valence-electron chi connectivity index (χ0n) is 16.5. The van der Waals surface area contributed by atoms with E-state index in [1.165, 1.54) is 52.4 Å². The van der Waals surface area contributed by atoms with Crippen LogP contribution >= 0.6 is 0 Å². The van der Waals surface area contributed by atoms with Gasteiger partial charge in [-0.05, 0) is 51.6 Å². The van der Waals surface area contributed by atoms with Gasteiger partial charge in [0.2, 0.25) is 0 Å². The lowest BCUT2D eigenvalue weighted by Gasteiger charge is -2.11. The summed E-state index contributed by atoms with van der Waals surface area (Å²) in [7, 11) is 0. The molecule has 5 rings (SSSR count). The fourth-order valence-corrected chi connectivity index (χ4v) is 3.22. The Morgan fingerprint density at radius 1 is 0.300 bits per heavy atom. The van der Waals surface area contributed by atoms with Gasteiger partial charge in [0.05, 0.1) is 0 Å². The third-order valence-corrected chi connectivity index (χ3v) is 4.65. The summed E-state index contributed by atoms with van der Waals surface area (Å²) in [6.45, 7) is 0. The van der Waals surface area contributed by atoms with Crippen LogP contribution in [0.3, 0.4) is 0 Å². The Hall–Kier alpha value is -4.11. The molecular weight excluding hydrogens is 366 g/mol. The molecule has 0 fully saturated rings. The Balaban J connectivity index is 0.000000313. The van der Waals surface area contributed by atoms with E-state index in [2.05, 4.69) is 124 Å². The molecule has 5 aromatic rings.